The molecule has 1 saturated carbocycles. The van der Waals surface area contributed by atoms with Crippen LogP contribution < -0.4 is 4.74 Å². The van der Waals surface area contributed by atoms with Crippen LogP contribution >= 0.6 is 0 Å². The van der Waals surface area contributed by atoms with Crippen LogP contribution in [0.3, 0.4) is 0 Å². The van der Waals surface area contributed by atoms with Gasteiger partial charge in [-0.1, -0.05) is 13.3 Å². The normalized spacial score (nSPS) is 15.3. The number of hydrogen-bond donors (Lipinski definition) is 0. The average Bonchev–Trinajstić information content (AvgIpc) is 3.04. The standard InChI is InChI=1S/C13H17FO/c1-2-3-8-15-13-7-6-11(14)9-12(13)10-4-5-10/h6-7,9-10H,2-5,8H2,1H3. The van der Waals surface area contributed by atoms with Gasteiger partial charge in [0, 0.05) is 5.56 Å². The first-order valence-electron chi connectivity index (χ1n) is 5.73. The van der Waals surface area contributed by atoms with Crippen LogP contribution in [0.4, 0.5) is 4.39 Å². The molecule has 1 nitrogen and oxygen atoms in total. The van der Waals surface area contributed by atoms with Gasteiger partial charge in [0.05, 0.1) is 6.61 Å². The van der Waals surface area contributed by atoms with Gasteiger partial charge in [0.25, 0.3) is 0 Å². The van der Waals surface area contributed by atoms with E-state index >= 15 is 0 Å². The Balaban J connectivity index is 2.07. The maximum Gasteiger partial charge on any atom is 0.123 e. The average molecular weight is 208 g/mol. The minimum atomic E-state index is -0.153. The molecule has 82 valence electrons. The SMILES string of the molecule is CCCCOc1ccc(F)cc1C1CC1. The number of ether oxygens (including phenoxy) is 1. The van der Waals surface area contributed by atoms with E-state index in [1.807, 2.05) is 0 Å². The Bertz CT molecular complexity index is 331. The molecule has 1 aromatic carbocycles. The lowest BCUT2D eigenvalue weighted by molar-refractivity contribution is 0.306. The van der Waals surface area contributed by atoms with E-state index in [0.717, 1.165) is 30.8 Å². The largest absolute Gasteiger partial charge is 0.493 e. The third kappa shape index (κ3) is 2.71. The van der Waals surface area contributed by atoms with Crippen LogP contribution in [0.1, 0.15) is 44.1 Å². The molecule has 15 heavy (non-hydrogen) atoms. The van der Waals surface area contributed by atoms with Crippen molar-refractivity contribution in [2.24, 2.45) is 0 Å². The van der Waals surface area contributed by atoms with Crippen molar-refractivity contribution in [2.45, 2.75) is 38.5 Å². The fourth-order valence-corrected chi connectivity index (χ4v) is 1.69. The minimum Gasteiger partial charge on any atom is -0.493 e. The van der Waals surface area contributed by atoms with Gasteiger partial charge in [-0.3, -0.25) is 0 Å². The molecular weight excluding hydrogens is 191 g/mol. The molecule has 0 unspecified atom stereocenters. The van der Waals surface area contributed by atoms with E-state index < -0.39 is 0 Å². The van der Waals surface area contributed by atoms with Crippen LogP contribution in [0.25, 0.3) is 0 Å². The Morgan fingerprint density at radius 2 is 2.20 bits per heavy atom. The number of rotatable bonds is 5. The minimum absolute atomic E-state index is 0.153. The first kappa shape index (κ1) is 10.5. The summed E-state index contributed by atoms with van der Waals surface area (Å²) in [5, 5.41) is 0. The summed E-state index contributed by atoms with van der Waals surface area (Å²) in [7, 11) is 0. The van der Waals surface area contributed by atoms with Crippen LogP contribution in [0.15, 0.2) is 18.2 Å². The summed E-state index contributed by atoms with van der Waals surface area (Å²) >= 11 is 0. The number of unbranched alkanes of at least 4 members (excludes halogenated alkanes) is 1. The topological polar surface area (TPSA) is 9.23 Å². The third-order valence-electron chi connectivity index (χ3n) is 2.74. The van der Waals surface area contributed by atoms with Gasteiger partial charge >= 0.3 is 0 Å². The lowest BCUT2D eigenvalue weighted by atomic mass is 10.1. The van der Waals surface area contributed by atoms with Gasteiger partial charge in [0.1, 0.15) is 11.6 Å². The molecule has 0 heterocycles. The predicted molar refractivity (Wildman–Crippen MR) is 58.8 cm³/mol. The molecule has 0 bridgehead atoms. The molecule has 2 rings (SSSR count). The first-order valence-corrected chi connectivity index (χ1v) is 5.73. The van der Waals surface area contributed by atoms with Crippen molar-refractivity contribution in [3.05, 3.63) is 29.6 Å². The van der Waals surface area contributed by atoms with E-state index in [4.69, 9.17) is 4.74 Å². The molecule has 1 aromatic rings. The number of hydrogen-bond acceptors (Lipinski definition) is 1. The summed E-state index contributed by atoms with van der Waals surface area (Å²) in [6.45, 7) is 2.87. The van der Waals surface area contributed by atoms with E-state index in [0.29, 0.717) is 5.92 Å². The fourth-order valence-electron chi connectivity index (χ4n) is 1.69. The van der Waals surface area contributed by atoms with Crippen molar-refractivity contribution >= 4 is 0 Å². The Morgan fingerprint density at radius 3 is 2.87 bits per heavy atom. The van der Waals surface area contributed by atoms with E-state index in [1.54, 1.807) is 12.1 Å². The van der Waals surface area contributed by atoms with Crippen molar-refractivity contribution < 1.29 is 9.13 Å². The van der Waals surface area contributed by atoms with Crippen LogP contribution in [0, 0.1) is 5.82 Å². The molecular formula is C13H17FO. The van der Waals surface area contributed by atoms with Gasteiger partial charge in [-0.15, -0.1) is 0 Å². The highest BCUT2D eigenvalue weighted by Gasteiger charge is 2.27. The molecule has 0 N–H and O–H groups in total. The van der Waals surface area contributed by atoms with Gasteiger partial charge in [0.15, 0.2) is 0 Å². The Labute approximate surface area is 90.3 Å². The summed E-state index contributed by atoms with van der Waals surface area (Å²) in [5.41, 5.74) is 1.06. The zero-order valence-corrected chi connectivity index (χ0v) is 9.13. The monoisotopic (exact) mass is 208 g/mol. The zero-order chi connectivity index (χ0) is 10.7. The quantitative estimate of drug-likeness (QED) is 0.667. The molecule has 1 aliphatic carbocycles. The van der Waals surface area contributed by atoms with Crippen molar-refractivity contribution in [3.8, 4) is 5.75 Å². The zero-order valence-electron chi connectivity index (χ0n) is 9.13. The second kappa shape index (κ2) is 4.65. The van der Waals surface area contributed by atoms with Crippen LogP contribution in [-0.4, -0.2) is 6.61 Å². The van der Waals surface area contributed by atoms with Gasteiger partial charge < -0.3 is 4.74 Å². The highest BCUT2D eigenvalue weighted by Crippen LogP contribution is 2.44. The van der Waals surface area contributed by atoms with Crippen molar-refractivity contribution in [1.82, 2.24) is 0 Å². The maximum absolute atomic E-state index is 13.1. The lowest BCUT2D eigenvalue weighted by Gasteiger charge is -2.10. The lowest BCUT2D eigenvalue weighted by Crippen LogP contribution is -1.99. The second-order valence-corrected chi connectivity index (χ2v) is 4.16. The van der Waals surface area contributed by atoms with Gasteiger partial charge in [-0.25, -0.2) is 4.39 Å². The molecule has 0 aromatic heterocycles. The summed E-state index contributed by atoms with van der Waals surface area (Å²) in [6, 6.07) is 4.87. The molecule has 1 fully saturated rings. The van der Waals surface area contributed by atoms with E-state index in [1.165, 1.54) is 18.9 Å². The van der Waals surface area contributed by atoms with Gasteiger partial charge in [-0.2, -0.15) is 0 Å². The second-order valence-electron chi connectivity index (χ2n) is 4.16. The number of benzene rings is 1. The summed E-state index contributed by atoms with van der Waals surface area (Å²) in [4.78, 5) is 0. The van der Waals surface area contributed by atoms with E-state index in [-0.39, 0.29) is 5.82 Å². The first-order chi connectivity index (χ1) is 7.31. The van der Waals surface area contributed by atoms with E-state index in [2.05, 4.69) is 6.92 Å². The van der Waals surface area contributed by atoms with Crippen molar-refractivity contribution in [1.29, 1.82) is 0 Å². The van der Waals surface area contributed by atoms with Crippen molar-refractivity contribution in [3.63, 3.8) is 0 Å². The van der Waals surface area contributed by atoms with E-state index in [9.17, 15) is 4.39 Å². The van der Waals surface area contributed by atoms with Crippen molar-refractivity contribution in [2.75, 3.05) is 6.61 Å². The molecule has 0 spiro atoms. The molecule has 0 saturated heterocycles. The van der Waals surface area contributed by atoms with Gasteiger partial charge in [-0.05, 0) is 43.4 Å². The molecule has 1 aliphatic rings. The molecule has 0 aliphatic heterocycles. The number of halogens is 1. The third-order valence-corrected chi connectivity index (χ3v) is 2.74. The predicted octanol–water partition coefficient (Wildman–Crippen LogP) is 3.88. The Hall–Kier alpha value is -1.05. The molecule has 0 atom stereocenters. The summed E-state index contributed by atoms with van der Waals surface area (Å²) < 4.78 is 18.7. The molecule has 0 radical (unpaired) electrons. The smallest absolute Gasteiger partial charge is 0.123 e. The Kier molecular flexibility index (Phi) is 3.24. The summed E-state index contributed by atoms with van der Waals surface area (Å²) in [5.74, 6) is 1.27. The Morgan fingerprint density at radius 1 is 1.40 bits per heavy atom. The fraction of sp³-hybridized carbons (Fsp3) is 0.538. The van der Waals surface area contributed by atoms with Gasteiger partial charge in [0.2, 0.25) is 0 Å². The van der Waals surface area contributed by atoms with Crippen LogP contribution in [-0.2, 0) is 0 Å². The maximum atomic E-state index is 13.1. The highest BCUT2D eigenvalue weighted by molar-refractivity contribution is 5.39. The summed E-state index contributed by atoms with van der Waals surface area (Å²) in [6.07, 6.45) is 4.53. The molecule has 0 amide bonds. The molecule has 2 heteroatoms. The van der Waals surface area contributed by atoms with Crippen LogP contribution in [0.2, 0.25) is 0 Å². The highest BCUT2D eigenvalue weighted by atomic mass is 19.1. The van der Waals surface area contributed by atoms with Crippen LogP contribution in [0.5, 0.6) is 5.75 Å².